The van der Waals surface area contributed by atoms with Crippen molar-refractivity contribution in [2.75, 3.05) is 51.3 Å². The van der Waals surface area contributed by atoms with E-state index in [0.29, 0.717) is 0 Å². The first kappa shape index (κ1) is 11.8. The topological polar surface area (TPSA) is 27.7 Å². The second-order valence-electron chi connectivity index (χ2n) is 5.03. The fourth-order valence-corrected chi connectivity index (χ4v) is 2.67. The van der Waals surface area contributed by atoms with Crippen LogP contribution in [0, 0.1) is 0 Å². The normalized spacial score (nSPS) is 21.7. The Morgan fingerprint density at radius 2 is 1.72 bits per heavy atom. The molecule has 1 aromatic rings. The average molecular weight is 247 g/mol. The molecular formula is C14H21N3O. The number of nitrogens with one attached hydrogen (secondary N) is 1. The van der Waals surface area contributed by atoms with Crippen molar-refractivity contribution < 1.29 is 4.74 Å². The van der Waals surface area contributed by atoms with Crippen LogP contribution in [-0.4, -0.2) is 57.3 Å². The molecule has 2 saturated heterocycles. The Kier molecular flexibility index (Phi) is 3.39. The second kappa shape index (κ2) is 5.16. The molecule has 2 fully saturated rings. The molecule has 0 amide bonds. The summed E-state index contributed by atoms with van der Waals surface area (Å²) < 4.78 is 5.19. The van der Waals surface area contributed by atoms with E-state index in [9.17, 15) is 0 Å². The zero-order valence-electron chi connectivity index (χ0n) is 10.9. The molecule has 4 nitrogen and oxygen atoms in total. The minimum absolute atomic E-state index is 0.781. The highest BCUT2D eigenvalue weighted by atomic mass is 16.5. The smallest absolute Gasteiger partial charge is 0.119 e. The number of rotatable bonds is 3. The molecule has 0 radical (unpaired) electrons. The van der Waals surface area contributed by atoms with Gasteiger partial charge in [-0.05, 0) is 24.3 Å². The average Bonchev–Trinajstić information content (AvgIpc) is 2.38. The van der Waals surface area contributed by atoms with Gasteiger partial charge < -0.3 is 15.0 Å². The fourth-order valence-electron chi connectivity index (χ4n) is 2.67. The second-order valence-corrected chi connectivity index (χ2v) is 5.03. The molecule has 0 bridgehead atoms. The minimum Gasteiger partial charge on any atom is -0.497 e. The van der Waals surface area contributed by atoms with Crippen molar-refractivity contribution in [3.05, 3.63) is 24.3 Å². The van der Waals surface area contributed by atoms with E-state index in [1.165, 1.54) is 31.9 Å². The minimum atomic E-state index is 0.781. The van der Waals surface area contributed by atoms with E-state index in [-0.39, 0.29) is 0 Å². The number of benzene rings is 1. The monoisotopic (exact) mass is 247 g/mol. The third-order valence-corrected chi connectivity index (χ3v) is 4.03. The quantitative estimate of drug-likeness (QED) is 0.854. The SMILES string of the molecule is COc1ccc(N2CCN(C3CNC3)CC2)cc1. The highest BCUT2D eigenvalue weighted by Crippen LogP contribution is 2.21. The van der Waals surface area contributed by atoms with Gasteiger partial charge in [0.15, 0.2) is 0 Å². The van der Waals surface area contributed by atoms with E-state index in [4.69, 9.17) is 4.74 Å². The van der Waals surface area contributed by atoms with Crippen molar-refractivity contribution in [1.82, 2.24) is 10.2 Å². The molecule has 0 unspecified atom stereocenters. The number of hydrogen-bond acceptors (Lipinski definition) is 4. The number of piperazine rings is 1. The van der Waals surface area contributed by atoms with Gasteiger partial charge >= 0.3 is 0 Å². The van der Waals surface area contributed by atoms with E-state index < -0.39 is 0 Å². The lowest BCUT2D eigenvalue weighted by atomic mass is 10.1. The van der Waals surface area contributed by atoms with Crippen LogP contribution in [0.3, 0.4) is 0 Å². The standard InChI is InChI=1S/C14H21N3O/c1-18-14-4-2-12(3-5-14)16-6-8-17(9-7-16)13-10-15-11-13/h2-5,13,15H,6-11H2,1H3. The summed E-state index contributed by atoms with van der Waals surface area (Å²) in [7, 11) is 1.71. The molecule has 1 aromatic carbocycles. The summed E-state index contributed by atoms with van der Waals surface area (Å²) in [4.78, 5) is 5.07. The molecule has 98 valence electrons. The zero-order valence-corrected chi connectivity index (χ0v) is 10.9. The predicted octanol–water partition coefficient (Wildman–Crippen LogP) is 0.789. The van der Waals surface area contributed by atoms with Crippen LogP contribution in [0.1, 0.15) is 0 Å². The number of nitrogens with zero attached hydrogens (tertiary/aromatic N) is 2. The Bertz CT molecular complexity index is 381. The lowest BCUT2D eigenvalue weighted by Crippen LogP contribution is -2.61. The van der Waals surface area contributed by atoms with Crippen LogP contribution in [-0.2, 0) is 0 Å². The molecule has 0 spiro atoms. The predicted molar refractivity (Wildman–Crippen MR) is 73.4 cm³/mol. The van der Waals surface area contributed by atoms with Gasteiger partial charge in [0.05, 0.1) is 7.11 Å². The Morgan fingerprint density at radius 3 is 2.22 bits per heavy atom. The zero-order chi connectivity index (χ0) is 12.4. The lowest BCUT2D eigenvalue weighted by molar-refractivity contribution is 0.138. The van der Waals surface area contributed by atoms with Gasteiger partial charge in [-0.25, -0.2) is 0 Å². The summed E-state index contributed by atoms with van der Waals surface area (Å²) in [5, 5.41) is 3.34. The van der Waals surface area contributed by atoms with Crippen molar-refractivity contribution in [2.45, 2.75) is 6.04 Å². The third kappa shape index (κ3) is 2.31. The van der Waals surface area contributed by atoms with Crippen molar-refractivity contribution in [3.63, 3.8) is 0 Å². The summed E-state index contributed by atoms with van der Waals surface area (Å²) in [6.07, 6.45) is 0. The van der Waals surface area contributed by atoms with Crippen LogP contribution < -0.4 is 15.0 Å². The van der Waals surface area contributed by atoms with Crippen molar-refractivity contribution in [3.8, 4) is 5.75 Å². The summed E-state index contributed by atoms with van der Waals surface area (Å²) in [6, 6.07) is 9.16. The number of anilines is 1. The van der Waals surface area contributed by atoms with Gasteiger partial charge in [0, 0.05) is 51.0 Å². The molecule has 0 saturated carbocycles. The molecule has 1 N–H and O–H groups in total. The van der Waals surface area contributed by atoms with Gasteiger partial charge in [-0.1, -0.05) is 0 Å². The maximum absolute atomic E-state index is 5.19. The van der Waals surface area contributed by atoms with Crippen LogP contribution in [0.2, 0.25) is 0 Å². The van der Waals surface area contributed by atoms with Crippen molar-refractivity contribution >= 4 is 5.69 Å². The Morgan fingerprint density at radius 1 is 1.06 bits per heavy atom. The summed E-state index contributed by atoms with van der Waals surface area (Å²) >= 11 is 0. The van der Waals surface area contributed by atoms with Crippen LogP contribution in [0.4, 0.5) is 5.69 Å². The first-order chi connectivity index (χ1) is 8.86. The van der Waals surface area contributed by atoms with E-state index in [1.54, 1.807) is 7.11 Å². The number of hydrogen-bond donors (Lipinski definition) is 1. The van der Waals surface area contributed by atoms with Crippen LogP contribution in [0.25, 0.3) is 0 Å². The first-order valence-electron chi connectivity index (χ1n) is 6.70. The molecule has 2 heterocycles. The number of ether oxygens (including phenoxy) is 1. The lowest BCUT2D eigenvalue weighted by Gasteiger charge is -2.43. The molecule has 0 aromatic heterocycles. The molecule has 2 aliphatic rings. The van der Waals surface area contributed by atoms with Crippen molar-refractivity contribution in [1.29, 1.82) is 0 Å². The molecule has 4 heteroatoms. The maximum atomic E-state index is 5.19. The summed E-state index contributed by atoms with van der Waals surface area (Å²) in [5.41, 5.74) is 1.31. The maximum Gasteiger partial charge on any atom is 0.119 e. The van der Waals surface area contributed by atoms with Gasteiger partial charge in [-0.2, -0.15) is 0 Å². The van der Waals surface area contributed by atoms with Gasteiger partial charge in [0.25, 0.3) is 0 Å². The van der Waals surface area contributed by atoms with Gasteiger partial charge in [-0.15, -0.1) is 0 Å². The molecular weight excluding hydrogens is 226 g/mol. The molecule has 3 rings (SSSR count). The Labute approximate surface area is 109 Å². The van der Waals surface area contributed by atoms with Gasteiger partial charge in [0.2, 0.25) is 0 Å². The largest absolute Gasteiger partial charge is 0.497 e. The first-order valence-corrected chi connectivity index (χ1v) is 6.70. The number of methoxy groups -OCH3 is 1. The van der Waals surface area contributed by atoms with Crippen LogP contribution in [0.5, 0.6) is 5.75 Å². The molecule has 0 aliphatic carbocycles. The van der Waals surface area contributed by atoms with E-state index in [0.717, 1.165) is 24.9 Å². The highest BCUT2D eigenvalue weighted by Gasteiger charge is 2.27. The third-order valence-electron chi connectivity index (χ3n) is 4.03. The molecule has 0 atom stereocenters. The Hall–Kier alpha value is -1.26. The summed E-state index contributed by atoms with van der Waals surface area (Å²) in [5.74, 6) is 0.929. The van der Waals surface area contributed by atoms with Crippen LogP contribution in [0.15, 0.2) is 24.3 Å². The van der Waals surface area contributed by atoms with E-state index in [1.807, 2.05) is 12.1 Å². The highest BCUT2D eigenvalue weighted by molar-refractivity contribution is 5.49. The van der Waals surface area contributed by atoms with E-state index in [2.05, 4.69) is 27.2 Å². The van der Waals surface area contributed by atoms with Gasteiger partial charge in [-0.3, -0.25) is 4.90 Å². The molecule has 2 aliphatic heterocycles. The molecule has 18 heavy (non-hydrogen) atoms. The summed E-state index contributed by atoms with van der Waals surface area (Å²) in [6.45, 7) is 6.95. The Balaban J connectivity index is 1.57. The van der Waals surface area contributed by atoms with Gasteiger partial charge in [0.1, 0.15) is 5.75 Å². The van der Waals surface area contributed by atoms with E-state index >= 15 is 0 Å². The van der Waals surface area contributed by atoms with Crippen molar-refractivity contribution in [2.24, 2.45) is 0 Å². The van der Waals surface area contributed by atoms with Crippen LogP contribution >= 0.6 is 0 Å². The fraction of sp³-hybridized carbons (Fsp3) is 0.571.